The van der Waals surface area contributed by atoms with Gasteiger partial charge in [-0.15, -0.1) is 0 Å². The van der Waals surface area contributed by atoms with Gasteiger partial charge in [0.05, 0.1) is 13.2 Å². The second kappa shape index (κ2) is 8.79. The molecule has 5 nitrogen and oxygen atoms in total. The minimum absolute atomic E-state index is 0.0144. The Labute approximate surface area is 181 Å². The molecule has 1 heterocycles. The number of aromatic hydroxyl groups is 1. The number of phenolic OH excluding ortho intramolecular Hbond substituents is 1. The maximum absolute atomic E-state index is 13.1. The molecule has 3 aromatic carbocycles. The first-order valence-electron chi connectivity index (χ1n) is 9.99. The van der Waals surface area contributed by atoms with Gasteiger partial charge in [-0.3, -0.25) is 9.69 Å². The lowest BCUT2D eigenvalue weighted by atomic mass is 9.95. The van der Waals surface area contributed by atoms with Crippen LogP contribution in [0.15, 0.2) is 96.3 Å². The van der Waals surface area contributed by atoms with E-state index in [9.17, 15) is 15.0 Å². The fourth-order valence-electron chi connectivity index (χ4n) is 3.82. The van der Waals surface area contributed by atoms with Crippen molar-refractivity contribution in [3.63, 3.8) is 0 Å². The predicted octanol–water partition coefficient (Wildman–Crippen LogP) is 5.40. The monoisotopic (exact) mass is 413 g/mol. The van der Waals surface area contributed by atoms with Crippen molar-refractivity contribution in [2.75, 3.05) is 12.0 Å². The molecule has 3 aromatic rings. The second-order valence-corrected chi connectivity index (χ2v) is 7.24. The normalized spacial score (nSPS) is 16.4. The van der Waals surface area contributed by atoms with Crippen LogP contribution in [0.4, 0.5) is 5.69 Å². The summed E-state index contributed by atoms with van der Waals surface area (Å²) in [6, 6.07) is 23.5. The first-order valence-corrected chi connectivity index (χ1v) is 9.99. The highest BCUT2D eigenvalue weighted by molar-refractivity contribution is 6.08. The fourth-order valence-corrected chi connectivity index (χ4v) is 3.82. The van der Waals surface area contributed by atoms with Gasteiger partial charge < -0.3 is 14.9 Å². The van der Waals surface area contributed by atoms with Gasteiger partial charge in [0.1, 0.15) is 0 Å². The number of phenols is 1. The van der Waals surface area contributed by atoms with Crippen LogP contribution in [-0.4, -0.2) is 23.2 Å². The van der Waals surface area contributed by atoms with Crippen molar-refractivity contribution >= 4 is 17.7 Å². The third-order valence-electron chi connectivity index (χ3n) is 5.32. The molecule has 1 aliphatic heterocycles. The molecular formula is C26H23NO4. The number of aliphatic hydroxyl groups excluding tert-OH is 1. The highest BCUT2D eigenvalue weighted by atomic mass is 16.5. The van der Waals surface area contributed by atoms with Crippen LogP contribution in [0.25, 0.3) is 6.08 Å². The van der Waals surface area contributed by atoms with E-state index in [-0.39, 0.29) is 11.5 Å². The van der Waals surface area contributed by atoms with Crippen LogP contribution in [0.1, 0.15) is 23.6 Å². The van der Waals surface area contributed by atoms with E-state index in [1.165, 1.54) is 13.2 Å². The zero-order valence-corrected chi connectivity index (χ0v) is 17.1. The van der Waals surface area contributed by atoms with Crippen molar-refractivity contribution in [3.05, 3.63) is 107 Å². The van der Waals surface area contributed by atoms with Crippen LogP contribution in [0.5, 0.6) is 11.5 Å². The SMILES string of the molecule is COc1cc(C2C(CC=Cc3ccccc3)=C(O)C(=O)N2c2ccccc2)ccc1O. The van der Waals surface area contributed by atoms with Gasteiger partial charge in [-0.05, 0) is 41.8 Å². The van der Waals surface area contributed by atoms with Gasteiger partial charge in [0.15, 0.2) is 17.3 Å². The molecule has 0 aromatic heterocycles. The summed E-state index contributed by atoms with van der Waals surface area (Å²) in [6.45, 7) is 0. The number of para-hydroxylation sites is 1. The largest absolute Gasteiger partial charge is 0.504 e. The average molecular weight is 413 g/mol. The van der Waals surface area contributed by atoms with E-state index >= 15 is 0 Å². The summed E-state index contributed by atoms with van der Waals surface area (Å²) in [5, 5.41) is 20.8. The summed E-state index contributed by atoms with van der Waals surface area (Å²) in [5.74, 6) is -0.381. The molecule has 0 bridgehead atoms. The van der Waals surface area contributed by atoms with Crippen molar-refractivity contribution in [2.45, 2.75) is 12.5 Å². The van der Waals surface area contributed by atoms with Crippen molar-refractivity contribution in [3.8, 4) is 11.5 Å². The minimum atomic E-state index is -0.523. The first kappa shape index (κ1) is 20.3. The van der Waals surface area contributed by atoms with Crippen LogP contribution >= 0.6 is 0 Å². The quantitative estimate of drug-likeness (QED) is 0.567. The van der Waals surface area contributed by atoms with Crippen LogP contribution < -0.4 is 9.64 Å². The molecule has 0 saturated heterocycles. The third-order valence-corrected chi connectivity index (χ3v) is 5.32. The first-order chi connectivity index (χ1) is 15.1. The molecule has 2 N–H and O–H groups in total. The van der Waals surface area contributed by atoms with E-state index in [4.69, 9.17) is 4.74 Å². The van der Waals surface area contributed by atoms with Gasteiger partial charge in [-0.1, -0.05) is 66.7 Å². The Kier molecular flexibility index (Phi) is 5.76. The standard InChI is InChI=1S/C26H23NO4/c1-31-23-17-19(15-16-22(23)28)24-21(14-8-11-18-9-4-2-5-10-18)25(29)26(30)27(24)20-12-6-3-7-13-20/h2-13,15-17,24,28-29H,14H2,1H3. The van der Waals surface area contributed by atoms with E-state index in [0.717, 1.165) is 11.1 Å². The van der Waals surface area contributed by atoms with Gasteiger partial charge >= 0.3 is 0 Å². The number of rotatable bonds is 6. The molecule has 4 rings (SSSR count). The number of ether oxygens (including phenoxy) is 1. The highest BCUT2D eigenvalue weighted by Gasteiger charge is 2.40. The average Bonchev–Trinajstić information content (AvgIpc) is 3.06. The Bertz CT molecular complexity index is 1140. The predicted molar refractivity (Wildman–Crippen MR) is 121 cm³/mol. The lowest BCUT2D eigenvalue weighted by Crippen LogP contribution is -2.30. The third kappa shape index (κ3) is 4.03. The zero-order valence-electron chi connectivity index (χ0n) is 17.1. The molecule has 0 saturated carbocycles. The van der Waals surface area contributed by atoms with Crippen LogP contribution in [0.3, 0.4) is 0 Å². The molecule has 0 aliphatic carbocycles. The van der Waals surface area contributed by atoms with Gasteiger partial charge in [0.25, 0.3) is 5.91 Å². The van der Waals surface area contributed by atoms with E-state index in [0.29, 0.717) is 23.4 Å². The molecule has 1 atom stereocenters. The number of carbonyl (C=O) groups is 1. The number of hydrogen-bond donors (Lipinski definition) is 2. The van der Waals surface area contributed by atoms with E-state index in [1.807, 2.05) is 72.8 Å². The number of allylic oxidation sites excluding steroid dienone is 1. The summed E-state index contributed by atoms with van der Waals surface area (Å²) < 4.78 is 5.27. The Hall–Kier alpha value is -3.99. The van der Waals surface area contributed by atoms with Gasteiger partial charge in [0.2, 0.25) is 0 Å². The van der Waals surface area contributed by atoms with Crippen LogP contribution in [0, 0.1) is 0 Å². The Morgan fingerprint density at radius 1 is 0.968 bits per heavy atom. The van der Waals surface area contributed by atoms with Gasteiger partial charge in [-0.2, -0.15) is 0 Å². The van der Waals surface area contributed by atoms with Crippen molar-refractivity contribution in [2.24, 2.45) is 0 Å². The van der Waals surface area contributed by atoms with E-state index in [2.05, 4.69) is 0 Å². The molecular weight excluding hydrogens is 390 g/mol. The smallest absolute Gasteiger partial charge is 0.293 e. The zero-order chi connectivity index (χ0) is 21.8. The summed E-state index contributed by atoms with van der Waals surface area (Å²) in [6.07, 6.45) is 4.29. The topological polar surface area (TPSA) is 70.0 Å². The number of benzene rings is 3. The number of amides is 1. The van der Waals surface area contributed by atoms with Crippen molar-refractivity contribution in [1.82, 2.24) is 0 Å². The number of nitrogens with zero attached hydrogens (tertiary/aromatic N) is 1. The maximum Gasteiger partial charge on any atom is 0.293 e. The number of anilines is 1. The molecule has 0 radical (unpaired) electrons. The summed E-state index contributed by atoms with van der Waals surface area (Å²) in [7, 11) is 1.48. The Balaban J connectivity index is 1.75. The number of aliphatic hydroxyl groups is 1. The van der Waals surface area contributed by atoms with Crippen molar-refractivity contribution < 1.29 is 19.7 Å². The molecule has 0 spiro atoms. The lowest BCUT2D eigenvalue weighted by molar-refractivity contribution is -0.117. The molecule has 1 aliphatic rings. The lowest BCUT2D eigenvalue weighted by Gasteiger charge is -2.27. The molecule has 31 heavy (non-hydrogen) atoms. The maximum atomic E-state index is 13.1. The summed E-state index contributed by atoms with van der Waals surface area (Å²) in [5.41, 5.74) is 3.04. The molecule has 1 unspecified atom stereocenters. The fraction of sp³-hybridized carbons (Fsp3) is 0.115. The van der Waals surface area contributed by atoms with E-state index in [1.54, 1.807) is 17.0 Å². The Morgan fingerprint density at radius 2 is 1.65 bits per heavy atom. The minimum Gasteiger partial charge on any atom is -0.504 e. The Morgan fingerprint density at radius 3 is 2.32 bits per heavy atom. The molecule has 156 valence electrons. The number of methoxy groups -OCH3 is 1. The molecule has 0 fully saturated rings. The number of hydrogen-bond acceptors (Lipinski definition) is 4. The van der Waals surface area contributed by atoms with Crippen LogP contribution in [0.2, 0.25) is 0 Å². The molecule has 1 amide bonds. The summed E-state index contributed by atoms with van der Waals surface area (Å²) in [4.78, 5) is 14.6. The van der Waals surface area contributed by atoms with E-state index < -0.39 is 11.9 Å². The van der Waals surface area contributed by atoms with Gasteiger partial charge in [0, 0.05) is 11.3 Å². The molecule has 5 heteroatoms. The van der Waals surface area contributed by atoms with Crippen molar-refractivity contribution in [1.29, 1.82) is 0 Å². The second-order valence-electron chi connectivity index (χ2n) is 7.24. The number of carbonyl (C=O) groups excluding carboxylic acids is 1. The van der Waals surface area contributed by atoms with Crippen LogP contribution in [-0.2, 0) is 4.79 Å². The summed E-state index contributed by atoms with van der Waals surface area (Å²) >= 11 is 0. The highest BCUT2D eigenvalue weighted by Crippen LogP contribution is 2.43. The van der Waals surface area contributed by atoms with Gasteiger partial charge in [-0.25, -0.2) is 0 Å².